The third kappa shape index (κ3) is 4.59. The van der Waals surface area contributed by atoms with Gasteiger partial charge in [-0.25, -0.2) is 13.2 Å². The summed E-state index contributed by atoms with van der Waals surface area (Å²) in [5.74, 6) is -2.72. The molecular formula is C15H22ClF3N2. The van der Waals surface area contributed by atoms with E-state index < -0.39 is 17.5 Å². The van der Waals surface area contributed by atoms with Crippen molar-refractivity contribution in [2.24, 2.45) is 0 Å². The van der Waals surface area contributed by atoms with E-state index in [-0.39, 0.29) is 24.0 Å². The minimum Gasteiger partial charge on any atom is -0.314 e. The van der Waals surface area contributed by atoms with Crippen LogP contribution in [0.15, 0.2) is 12.1 Å². The molecule has 0 radical (unpaired) electrons. The van der Waals surface area contributed by atoms with Crippen LogP contribution in [0.25, 0.3) is 0 Å². The molecule has 1 aromatic rings. The number of hydrogen-bond acceptors (Lipinski definition) is 2. The Morgan fingerprint density at radius 1 is 1.19 bits per heavy atom. The maximum absolute atomic E-state index is 14.0. The van der Waals surface area contributed by atoms with Gasteiger partial charge in [0.1, 0.15) is 5.82 Å². The van der Waals surface area contributed by atoms with Crippen molar-refractivity contribution in [3.05, 3.63) is 35.1 Å². The summed E-state index contributed by atoms with van der Waals surface area (Å²) >= 11 is 0. The van der Waals surface area contributed by atoms with Gasteiger partial charge in [0, 0.05) is 43.9 Å². The molecule has 2 rings (SSSR count). The fourth-order valence-corrected chi connectivity index (χ4v) is 2.74. The van der Waals surface area contributed by atoms with E-state index in [1.807, 2.05) is 0 Å². The van der Waals surface area contributed by atoms with Gasteiger partial charge in [0.25, 0.3) is 0 Å². The summed E-state index contributed by atoms with van der Waals surface area (Å²) in [6, 6.07) is 1.50. The monoisotopic (exact) mass is 322 g/mol. The summed E-state index contributed by atoms with van der Waals surface area (Å²) in [5.41, 5.74) is 0.151. The van der Waals surface area contributed by atoms with Gasteiger partial charge in [0.05, 0.1) is 0 Å². The van der Waals surface area contributed by atoms with Crippen LogP contribution in [0.4, 0.5) is 13.2 Å². The first-order valence-corrected chi connectivity index (χ1v) is 7.22. The second kappa shape index (κ2) is 8.61. The number of piperazine rings is 1. The number of benzene rings is 1. The molecule has 21 heavy (non-hydrogen) atoms. The smallest absolute Gasteiger partial charge is 0.163 e. The lowest BCUT2D eigenvalue weighted by atomic mass is 9.98. The van der Waals surface area contributed by atoms with Crippen LogP contribution < -0.4 is 5.32 Å². The summed E-state index contributed by atoms with van der Waals surface area (Å²) in [4.78, 5) is 2.11. The second-order valence-electron chi connectivity index (χ2n) is 5.23. The van der Waals surface area contributed by atoms with E-state index in [9.17, 15) is 13.2 Å². The van der Waals surface area contributed by atoms with E-state index >= 15 is 0 Å². The van der Waals surface area contributed by atoms with Crippen molar-refractivity contribution in [1.82, 2.24) is 10.2 Å². The molecule has 120 valence electrons. The van der Waals surface area contributed by atoms with Gasteiger partial charge in [-0.1, -0.05) is 19.8 Å². The van der Waals surface area contributed by atoms with Crippen LogP contribution in [-0.4, -0.2) is 31.1 Å². The highest BCUT2D eigenvalue weighted by Crippen LogP contribution is 2.30. The Labute approximate surface area is 130 Å². The summed E-state index contributed by atoms with van der Waals surface area (Å²) < 4.78 is 40.9. The standard InChI is InChI=1S/C15H21F3N2.ClH/c1-2-3-4-14(20-7-5-19-6-8-20)12-9-11(16)10-13(17)15(12)18;/h9-10,14,19H,2-8H2,1H3;1H/t14-;/m0./s1. The van der Waals surface area contributed by atoms with Crippen molar-refractivity contribution in [2.45, 2.75) is 32.2 Å². The van der Waals surface area contributed by atoms with E-state index in [0.717, 1.165) is 51.5 Å². The molecule has 2 nitrogen and oxygen atoms in total. The molecule has 6 heteroatoms. The maximum Gasteiger partial charge on any atom is 0.163 e. The van der Waals surface area contributed by atoms with E-state index in [2.05, 4.69) is 17.1 Å². The number of unbranched alkanes of at least 4 members (excludes halogenated alkanes) is 1. The van der Waals surface area contributed by atoms with Crippen LogP contribution in [0.5, 0.6) is 0 Å². The number of nitrogens with one attached hydrogen (secondary N) is 1. The Morgan fingerprint density at radius 2 is 1.86 bits per heavy atom. The minimum atomic E-state index is -1.10. The molecule has 1 aromatic carbocycles. The highest BCUT2D eigenvalue weighted by molar-refractivity contribution is 5.85. The van der Waals surface area contributed by atoms with Crippen molar-refractivity contribution in [3.63, 3.8) is 0 Å². The van der Waals surface area contributed by atoms with E-state index in [0.29, 0.717) is 6.07 Å². The normalized spacial score (nSPS) is 17.3. The largest absolute Gasteiger partial charge is 0.314 e. The van der Waals surface area contributed by atoms with Crippen LogP contribution in [0.3, 0.4) is 0 Å². The van der Waals surface area contributed by atoms with Crippen LogP contribution in [-0.2, 0) is 0 Å². The lowest BCUT2D eigenvalue weighted by molar-refractivity contribution is 0.159. The molecule has 1 atom stereocenters. The van der Waals surface area contributed by atoms with E-state index in [4.69, 9.17) is 0 Å². The van der Waals surface area contributed by atoms with Crippen LogP contribution in [0.1, 0.15) is 37.8 Å². The Kier molecular flexibility index (Phi) is 7.49. The molecule has 1 aliphatic heterocycles. The molecule has 1 N–H and O–H groups in total. The molecule has 0 amide bonds. The first-order chi connectivity index (χ1) is 9.63. The second-order valence-corrected chi connectivity index (χ2v) is 5.23. The zero-order valence-electron chi connectivity index (χ0n) is 12.2. The van der Waals surface area contributed by atoms with Crippen molar-refractivity contribution >= 4 is 12.4 Å². The molecule has 1 saturated heterocycles. The molecule has 0 saturated carbocycles. The van der Waals surface area contributed by atoms with Gasteiger partial charge >= 0.3 is 0 Å². The summed E-state index contributed by atoms with van der Waals surface area (Å²) in [6.07, 6.45) is 2.60. The highest BCUT2D eigenvalue weighted by Gasteiger charge is 2.26. The summed E-state index contributed by atoms with van der Waals surface area (Å²) in [5, 5.41) is 3.23. The van der Waals surface area contributed by atoms with Gasteiger partial charge in [-0.05, 0) is 12.5 Å². The summed E-state index contributed by atoms with van der Waals surface area (Å²) in [6.45, 7) is 5.24. The molecule has 1 heterocycles. The van der Waals surface area contributed by atoms with Gasteiger partial charge in [-0.15, -0.1) is 12.4 Å². The van der Waals surface area contributed by atoms with E-state index in [1.165, 1.54) is 0 Å². The minimum absolute atomic E-state index is 0. The lowest BCUT2D eigenvalue weighted by Gasteiger charge is -2.35. The van der Waals surface area contributed by atoms with E-state index in [1.54, 1.807) is 0 Å². The topological polar surface area (TPSA) is 15.3 Å². The maximum atomic E-state index is 14.0. The Hall–Kier alpha value is -0.780. The third-order valence-corrected chi connectivity index (χ3v) is 3.80. The third-order valence-electron chi connectivity index (χ3n) is 3.80. The van der Waals surface area contributed by atoms with Gasteiger partial charge in [-0.3, -0.25) is 4.90 Å². The average molecular weight is 323 g/mol. The zero-order chi connectivity index (χ0) is 14.5. The Balaban J connectivity index is 0.00000220. The summed E-state index contributed by atoms with van der Waals surface area (Å²) in [7, 11) is 0. The molecule has 1 aliphatic rings. The van der Waals surface area contributed by atoms with Crippen LogP contribution >= 0.6 is 12.4 Å². The van der Waals surface area contributed by atoms with Gasteiger partial charge in [0.2, 0.25) is 0 Å². The lowest BCUT2D eigenvalue weighted by Crippen LogP contribution is -2.45. The average Bonchev–Trinajstić information content (AvgIpc) is 2.45. The quantitative estimate of drug-likeness (QED) is 0.832. The number of hydrogen-bond donors (Lipinski definition) is 1. The molecule has 0 aliphatic carbocycles. The molecule has 0 unspecified atom stereocenters. The van der Waals surface area contributed by atoms with Crippen LogP contribution in [0, 0.1) is 17.5 Å². The molecule has 1 fully saturated rings. The van der Waals surface area contributed by atoms with Crippen molar-refractivity contribution in [2.75, 3.05) is 26.2 Å². The van der Waals surface area contributed by atoms with Gasteiger partial charge in [-0.2, -0.15) is 0 Å². The molecule has 0 bridgehead atoms. The first kappa shape index (κ1) is 18.3. The zero-order valence-corrected chi connectivity index (χ0v) is 13.0. The number of rotatable bonds is 5. The van der Waals surface area contributed by atoms with Crippen molar-refractivity contribution < 1.29 is 13.2 Å². The van der Waals surface area contributed by atoms with Crippen molar-refractivity contribution in [3.8, 4) is 0 Å². The Morgan fingerprint density at radius 3 is 2.48 bits per heavy atom. The Bertz CT molecular complexity index is 451. The number of nitrogens with zero attached hydrogens (tertiary/aromatic N) is 1. The van der Waals surface area contributed by atoms with Gasteiger partial charge in [0.15, 0.2) is 11.6 Å². The fourth-order valence-electron chi connectivity index (χ4n) is 2.74. The van der Waals surface area contributed by atoms with Crippen molar-refractivity contribution in [1.29, 1.82) is 0 Å². The first-order valence-electron chi connectivity index (χ1n) is 7.22. The molecular weight excluding hydrogens is 301 g/mol. The van der Waals surface area contributed by atoms with Gasteiger partial charge < -0.3 is 5.32 Å². The SMILES string of the molecule is CCCC[C@@H](c1cc(F)cc(F)c1F)N1CCNCC1.Cl. The predicted molar refractivity (Wildman–Crippen MR) is 80.3 cm³/mol. The van der Waals surface area contributed by atoms with Crippen LogP contribution in [0.2, 0.25) is 0 Å². The molecule has 0 spiro atoms. The highest BCUT2D eigenvalue weighted by atomic mass is 35.5. The molecule has 0 aromatic heterocycles. The predicted octanol–water partition coefficient (Wildman–Crippen LogP) is 3.66. The fraction of sp³-hybridized carbons (Fsp3) is 0.600. The number of halogens is 4.